The molecule has 2 aromatic carbocycles. The van der Waals surface area contributed by atoms with Gasteiger partial charge in [-0.25, -0.2) is 0 Å². The smallest absolute Gasteiger partial charge is 0.223 e. The number of hydrogen-bond donors (Lipinski definition) is 2. The van der Waals surface area contributed by atoms with E-state index in [0.29, 0.717) is 6.61 Å². The first-order valence-corrected chi connectivity index (χ1v) is 9.41. The van der Waals surface area contributed by atoms with Crippen molar-refractivity contribution in [1.29, 1.82) is 0 Å². The summed E-state index contributed by atoms with van der Waals surface area (Å²) in [6.07, 6.45) is 1.84. The Bertz CT molecular complexity index is 727. The van der Waals surface area contributed by atoms with Crippen molar-refractivity contribution >= 4 is 18.3 Å². The molecule has 0 spiro atoms. The predicted octanol–water partition coefficient (Wildman–Crippen LogP) is 4.17. The number of carbonyl (C=O) groups is 1. The van der Waals surface area contributed by atoms with E-state index >= 15 is 0 Å². The normalized spacial score (nSPS) is 15.5. The highest BCUT2D eigenvalue weighted by molar-refractivity contribution is 5.85. The van der Waals surface area contributed by atoms with E-state index in [-0.39, 0.29) is 30.3 Å². The number of piperidine rings is 1. The highest BCUT2D eigenvalue weighted by atomic mass is 35.5. The van der Waals surface area contributed by atoms with Crippen LogP contribution in [0.2, 0.25) is 0 Å². The van der Waals surface area contributed by atoms with Gasteiger partial charge in [0.05, 0.1) is 6.04 Å². The molecule has 0 aromatic heterocycles. The molecule has 0 aliphatic carbocycles. The Morgan fingerprint density at radius 1 is 1.19 bits per heavy atom. The van der Waals surface area contributed by atoms with E-state index < -0.39 is 0 Å². The first-order valence-electron chi connectivity index (χ1n) is 9.41. The van der Waals surface area contributed by atoms with Gasteiger partial charge in [-0.15, -0.1) is 12.4 Å². The van der Waals surface area contributed by atoms with Gasteiger partial charge in [0.25, 0.3) is 0 Å². The summed E-state index contributed by atoms with van der Waals surface area (Å²) in [5, 5.41) is 6.44. The fourth-order valence-corrected chi connectivity index (χ4v) is 3.32. The maximum absolute atomic E-state index is 12.4. The minimum Gasteiger partial charge on any atom is -0.489 e. The van der Waals surface area contributed by atoms with Gasteiger partial charge in [0, 0.05) is 5.92 Å². The number of nitrogens with one attached hydrogen (secondary N) is 2. The van der Waals surface area contributed by atoms with E-state index in [1.165, 1.54) is 5.56 Å². The molecule has 1 amide bonds. The highest BCUT2D eigenvalue weighted by Crippen LogP contribution is 2.20. The van der Waals surface area contributed by atoms with E-state index in [1.807, 2.05) is 37.3 Å². The number of carbonyl (C=O) groups excluding carboxylic acids is 1. The van der Waals surface area contributed by atoms with Crippen molar-refractivity contribution in [3.8, 4) is 5.75 Å². The zero-order valence-electron chi connectivity index (χ0n) is 16.0. The monoisotopic (exact) mass is 388 g/mol. The van der Waals surface area contributed by atoms with Gasteiger partial charge in [-0.2, -0.15) is 0 Å². The molecule has 4 nitrogen and oxygen atoms in total. The molecule has 1 saturated heterocycles. The highest BCUT2D eigenvalue weighted by Gasteiger charge is 2.22. The van der Waals surface area contributed by atoms with Crippen LogP contribution in [0, 0.1) is 12.8 Å². The van der Waals surface area contributed by atoms with Crippen LogP contribution in [0.25, 0.3) is 0 Å². The molecule has 2 aromatic rings. The molecule has 0 saturated carbocycles. The molecule has 27 heavy (non-hydrogen) atoms. The third-order valence-corrected chi connectivity index (χ3v) is 4.94. The lowest BCUT2D eigenvalue weighted by atomic mass is 9.96. The number of ether oxygens (including phenoxy) is 1. The van der Waals surface area contributed by atoms with E-state index in [9.17, 15) is 4.79 Å². The van der Waals surface area contributed by atoms with Crippen LogP contribution in [-0.2, 0) is 11.4 Å². The van der Waals surface area contributed by atoms with E-state index in [4.69, 9.17) is 4.74 Å². The van der Waals surface area contributed by atoms with Crippen LogP contribution in [-0.4, -0.2) is 19.0 Å². The van der Waals surface area contributed by atoms with Crippen molar-refractivity contribution in [3.63, 3.8) is 0 Å². The maximum Gasteiger partial charge on any atom is 0.223 e. The fourth-order valence-electron chi connectivity index (χ4n) is 3.32. The molecule has 3 rings (SSSR count). The van der Waals surface area contributed by atoms with Gasteiger partial charge < -0.3 is 15.4 Å². The summed E-state index contributed by atoms with van der Waals surface area (Å²) in [5.74, 6) is 1.14. The maximum atomic E-state index is 12.4. The molecule has 5 heteroatoms. The lowest BCUT2D eigenvalue weighted by Gasteiger charge is -2.24. The van der Waals surface area contributed by atoms with Gasteiger partial charge in [0.2, 0.25) is 5.91 Å². The van der Waals surface area contributed by atoms with Crippen molar-refractivity contribution in [3.05, 3.63) is 65.2 Å². The molecular formula is C22H29ClN2O2. The molecule has 0 bridgehead atoms. The van der Waals surface area contributed by atoms with Gasteiger partial charge in [0.1, 0.15) is 12.4 Å². The predicted molar refractivity (Wildman–Crippen MR) is 111 cm³/mol. The van der Waals surface area contributed by atoms with Crippen LogP contribution in [0.3, 0.4) is 0 Å². The van der Waals surface area contributed by atoms with Crippen molar-refractivity contribution < 1.29 is 9.53 Å². The van der Waals surface area contributed by atoms with Gasteiger partial charge in [-0.05, 0) is 63.0 Å². The Labute approximate surface area is 168 Å². The number of hydrogen-bond acceptors (Lipinski definition) is 3. The molecule has 1 fully saturated rings. The van der Waals surface area contributed by atoms with E-state index in [1.54, 1.807) is 0 Å². The topological polar surface area (TPSA) is 50.4 Å². The lowest BCUT2D eigenvalue weighted by molar-refractivity contribution is -0.126. The van der Waals surface area contributed by atoms with Gasteiger partial charge in [-0.3, -0.25) is 4.79 Å². The SMILES string of the molecule is Cc1cccc(COc2ccc(C(C)NC(=O)C3CCNCC3)cc2)c1.Cl. The van der Waals surface area contributed by atoms with Gasteiger partial charge in [0.15, 0.2) is 0 Å². The number of amides is 1. The quantitative estimate of drug-likeness (QED) is 0.780. The zero-order valence-corrected chi connectivity index (χ0v) is 16.9. The van der Waals surface area contributed by atoms with Gasteiger partial charge in [-0.1, -0.05) is 42.0 Å². The summed E-state index contributed by atoms with van der Waals surface area (Å²) in [4.78, 5) is 12.4. The van der Waals surface area contributed by atoms with Crippen LogP contribution in [0.15, 0.2) is 48.5 Å². The number of rotatable bonds is 6. The average molecular weight is 389 g/mol. The van der Waals surface area contributed by atoms with Crippen molar-refractivity contribution in [2.45, 2.75) is 39.3 Å². The Morgan fingerprint density at radius 3 is 2.56 bits per heavy atom. The molecule has 1 unspecified atom stereocenters. The first kappa shape index (κ1) is 21.3. The molecule has 1 aliphatic heterocycles. The number of benzene rings is 2. The standard InChI is InChI=1S/C22H28N2O2.ClH/c1-16-4-3-5-18(14-16)15-26-21-8-6-19(7-9-21)17(2)24-22(25)20-10-12-23-13-11-20;/h3-9,14,17,20,23H,10-13,15H2,1-2H3,(H,24,25);1H. The van der Waals surface area contributed by atoms with Crippen LogP contribution in [0.4, 0.5) is 0 Å². The first-order chi connectivity index (χ1) is 12.6. The number of halogens is 1. The molecular weight excluding hydrogens is 360 g/mol. The van der Waals surface area contributed by atoms with Crippen LogP contribution in [0.1, 0.15) is 42.5 Å². The fraction of sp³-hybridized carbons (Fsp3) is 0.409. The van der Waals surface area contributed by atoms with Crippen LogP contribution >= 0.6 is 12.4 Å². The largest absolute Gasteiger partial charge is 0.489 e. The molecule has 2 N–H and O–H groups in total. The summed E-state index contributed by atoms with van der Waals surface area (Å²) in [6, 6.07) is 16.3. The summed E-state index contributed by atoms with van der Waals surface area (Å²) in [6.45, 7) is 6.53. The second-order valence-electron chi connectivity index (χ2n) is 7.10. The van der Waals surface area contributed by atoms with E-state index in [0.717, 1.165) is 42.8 Å². The summed E-state index contributed by atoms with van der Waals surface area (Å²) in [5.41, 5.74) is 3.49. The second-order valence-corrected chi connectivity index (χ2v) is 7.10. The average Bonchev–Trinajstić information content (AvgIpc) is 2.67. The van der Waals surface area contributed by atoms with Crippen LogP contribution < -0.4 is 15.4 Å². The Balaban J connectivity index is 0.00000261. The summed E-state index contributed by atoms with van der Waals surface area (Å²) in [7, 11) is 0. The third-order valence-electron chi connectivity index (χ3n) is 4.94. The Morgan fingerprint density at radius 2 is 1.89 bits per heavy atom. The number of aryl methyl sites for hydroxylation is 1. The minimum atomic E-state index is 0. The van der Waals surface area contributed by atoms with E-state index in [2.05, 4.69) is 35.8 Å². The van der Waals surface area contributed by atoms with Crippen molar-refractivity contribution in [2.24, 2.45) is 5.92 Å². The molecule has 1 atom stereocenters. The zero-order chi connectivity index (χ0) is 18.4. The molecule has 1 heterocycles. The summed E-state index contributed by atoms with van der Waals surface area (Å²) < 4.78 is 5.86. The van der Waals surface area contributed by atoms with Crippen LogP contribution in [0.5, 0.6) is 5.75 Å². The van der Waals surface area contributed by atoms with Crippen molar-refractivity contribution in [1.82, 2.24) is 10.6 Å². The molecule has 146 valence electrons. The Kier molecular flexibility index (Phi) is 8.14. The third kappa shape index (κ3) is 6.26. The minimum absolute atomic E-state index is 0. The molecule has 1 aliphatic rings. The molecule has 0 radical (unpaired) electrons. The van der Waals surface area contributed by atoms with Gasteiger partial charge >= 0.3 is 0 Å². The summed E-state index contributed by atoms with van der Waals surface area (Å²) >= 11 is 0. The Hall–Kier alpha value is -2.04. The van der Waals surface area contributed by atoms with Crippen molar-refractivity contribution in [2.75, 3.05) is 13.1 Å². The second kappa shape index (κ2) is 10.3. The lowest BCUT2D eigenvalue weighted by Crippen LogP contribution is -2.39.